The van der Waals surface area contributed by atoms with Crippen molar-refractivity contribution in [3.05, 3.63) is 60.2 Å². The topological polar surface area (TPSA) is 21.3 Å². The van der Waals surface area contributed by atoms with E-state index < -0.39 is 0 Å². The highest BCUT2D eigenvalue weighted by Gasteiger charge is 2.06. The van der Waals surface area contributed by atoms with E-state index in [2.05, 4.69) is 36.5 Å². The Morgan fingerprint density at radius 3 is 2.39 bits per heavy atom. The Morgan fingerprint density at radius 2 is 1.67 bits per heavy atom. The highest BCUT2D eigenvalue weighted by Crippen LogP contribution is 2.24. The third-order valence-corrected chi connectivity index (χ3v) is 3.07. The van der Waals surface area contributed by atoms with E-state index in [1.807, 2.05) is 30.3 Å². The molecule has 0 heterocycles. The average Bonchev–Trinajstić information content (AvgIpc) is 2.46. The van der Waals surface area contributed by atoms with Crippen LogP contribution >= 0.6 is 0 Å². The summed E-state index contributed by atoms with van der Waals surface area (Å²) in [6.45, 7) is 3.11. The van der Waals surface area contributed by atoms with Crippen LogP contribution in [-0.2, 0) is 0 Å². The van der Waals surface area contributed by atoms with Gasteiger partial charge in [-0.15, -0.1) is 0 Å². The number of hydrogen-bond donors (Lipinski definition) is 1. The summed E-state index contributed by atoms with van der Waals surface area (Å²) in [5, 5.41) is 3.44. The fourth-order valence-corrected chi connectivity index (χ4v) is 1.95. The number of para-hydroxylation sites is 2. The second kappa shape index (κ2) is 6.10. The van der Waals surface area contributed by atoms with Crippen molar-refractivity contribution in [1.29, 1.82) is 0 Å². The number of anilines is 1. The molecule has 2 aromatic rings. The Labute approximate surface area is 109 Å². The lowest BCUT2D eigenvalue weighted by molar-refractivity contribution is 0.416. The number of hydrogen-bond acceptors (Lipinski definition) is 2. The minimum atomic E-state index is 0.469. The zero-order valence-electron chi connectivity index (χ0n) is 10.9. The van der Waals surface area contributed by atoms with Crippen LogP contribution in [0.4, 0.5) is 5.69 Å². The van der Waals surface area contributed by atoms with Crippen molar-refractivity contribution in [3.8, 4) is 5.75 Å². The van der Waals surface area contributed by atoms with E-state index in [1.54, 1.807) is 7.11 Å². The van der Waals surface area contributed by atoms with Gasteiger partial charge in [0.15, 0.2) is 0 Å². The summed E-state index contributed by atoms with van der Waals surface area (Å²) in [6, 6.07) is 18.5. The molecule has 2 nitrogen and oxygen atoms in total. The molecule has 0 amide bonds. The zero-order valence-corrected chi connectivity index (χ0v) is 10.9. The molecule has 0 spiro atoms. The lowest BCUT2D eigenvalue weighted by Crippen LogP contribution is -2.10. The molecule has 94 valence electrons. The molecular formula is C16H19NO. The molecule has 0 aliphatic heterocycles. The summed E-state index contributed by atoms with van der Waals surface area (Å²) in [5.74, 6) is 1.36. The van der Waals surface area contributed by atoms with Crippen LogP contribution in [0.25, 0.3) is 0 Å². The van der Waals surface area contributed by atoms with Gasteiger partial charge in [0.05, 0.1) is 12.8 Å². The van der Waals surface area contributed by atoms with Crippen LogP contribution < -0.4 is 10.1 Å². The number of ether oxygens (including phenoxy) is 1. The van der Waals surface area contributed by atoms with Crippen molar-refractivity contribution in [2.24, 2.45) is 0 Å². The fraction of sp³-hybridized carbons (Fsp3) is 0.250. The minimum absolute atomic E-state index is 0.469. The number of benzene rings is 2. The van der Waals surface area contributed by atoms with Gasteiger partial charge in [0.1, 0.15) is 5.75 Å². The molecular weight excluding hydrogens is 222 g/mol. The van der Waals surface area contributed by atoms with E-state index >= 15 is 0 Å². The van der Waals surface area contributed by atoms with E-state index in [0.29, 0.717) is 5.92 Å². The molecule has 0 fully saturated rings. The largest absolute Gasteiger partial charge is 0.495 e. The highest BCUT2D eigenvalue weighted by molar-refractivity contribution is 5.56. The van der Waals surface area contributed by atoms with Crippen molar-refractivity contribution >= 4 is 5.69 Å². The quantitative estimate of drug-likeness (QED) is 0.857. The molecule has 18 heavy (non-hydrogen) atoms. The van der Waals surface area contributed by atoms with Crippen molar-refractivity contribution in [1.82, 2.24) is 0 Å². The first-order valence-electron chi connectivity index (χ1n) is 6.23. The number of methoxy groups -OCH3 is 1. The summed E-state index contributed by atoms with van der Waals surface area (Å²) < 4.78 is 5.32. The second-order valence-corrected chi connectivity index (χ2v) is 4.39. The molecule has 1 atom stereocenters. The van der Waals surface area contributed by atoms with Gasteiger partial charge >= 0.3 is 0 Å². The molecule has 0 aliphatic rings. The molecule has 2 heteroatoms. The Hall–Kier alpha value is -1.96. The molecule has 0 saturated heterocycles. The lowest BCUT2D eigenvalue weighted by atomic mass is 10.0. The van der Waals surface area contributed by atoms with E-state index in [4.69, 9.17) is 4.74 Å². The SMILES string of the molecule is COc1ccccc1NCC(C)c1ccccc1. The van der Waals surface area contributed by atoms with Crippen LogP contribution in [0.5, 0.6) is 5.75 Å². The second-order valence-electron chi connectivity index (χ2n) is 4.39. The lowest BCUT2D eigenvalue weighted by Gasteiger charge is -2.15. The predicted octanol–water partition coefficient (Wildman–Crippen LogP) is 3.91. The number of rotatable bonds is 5. The van der Waals surface area contributed by atoms with Gasteiger partial charge in [0.2, 0.25) is 0 Å². The van der Waals surface area contributed by atoms with Crippen molar-refractivity contribution in [3.63, 3.8) is 0 Å². The monoisotopic (exact) mass is 241 g/mol. The molecule has 1 N–H and O–H groups in total. The molecule has 2 rings (SSSR count). The number of nitrogens with one attached hydrogen (secondary N) is 1. The van der Waals surface area contributed by atoms with Gasteiger partial charge in [-0.25, -0.2) is 0 Å². The first-order valence-corrected chi connectivity index (χ1v) is 6.23. The molecule has 1 unspecified atom stereocenters. The normalized spacial score (nSPS) is 11.9. The van der Waals surface area contributed by atoms with Gasteiger partial charge in [-0.1, -0.05) is 49.4 Å². The summed E-state index contributed by atoms with van der Waals surface area (Å²) in [7, 11) is 1.70. The van der Waals surface area contributed by atoms with E-state index in [1.165, 1.54) is 5.56 Å². The van der Waals surface area contributed by atoms with Crippen molar-refractivity contribution in [2.45, 2.75) is 12.8 Å². The Morgan fingerprint density at radius 1 is 1.00 bits per heavy atom. The van der Waals surface area contributed by atoms with Gasteiger partial charge in [0.25, 0.3) is 0 Å². The molecule has 0 aromatic heterocycles. The first kappa shape index (κ1) is 12.5. The smallest absolute Gasteiger partial charge is 0.141 e. The summed E-state index contributed by atoms with van der Waals surface area (Å²) in [6.07, 6.45) is 0. The molecule has 0 aliphatic carbocycles. The fourth-order valence-electron chi connectivity index (χ4n) is 1.95. The van der Waals surface area contributed by atoms with Gasteiger partial charge in [-0.2, -0.15) is 0 Å². The maximum Gasteiger partial charge on any atom is 0.141 e. The van der Waals surface area contributed by atoms with Gasteiger partial charge < -0.3 is 10.1 Å². The van der Waals surface area contributed by atoms with Crippen LogP contribution in [0.15, 0.2) is 54.6 Å². The summed E-state index contributed by atoms with van der Waals surface area (Å²) >= 11 is 0. The summed E-state index contributed by atoms with van der Waals surface area (Å²) in [5.41, 5.74) is 2.39. The van der Waals surface area contributed by atoms with Crippen LogP contribution in [0.2, 0.25) is 0 Å². The van der Waals surface area contributed by atoms with Gasteiger partial charge in [-0.05, 0) is 23.6 Å². The standard InChI is InChI=1S/C16H19NO/c1-13(14-8-4-3-5-9-14)12-17-15-10-6-7-11-16(15)18-2/h3-11,13,17H,12H2,1-2H3. The van der Waals surface area contributed by atoms with Crippen LogP contribution in [0.1, 0.15) is 18.4 Å². The molecule has 2 aromatic carbocycles. The van der Waals surface area contributed by atoms with Crippen LogP contribution in [-0.4, -0.2) is 13.7 Å². The first-order chi connectivity index (χ1) is 8.81. The Balaban J connectivity index is 1.99. The zero-order chi connectivity index (χ0) is 12.8. The van der Waals surface area contributed by atoms with E-state index in [-0.39, 0.29) is 0 Å². The van der Waals surface area contributed by atoms with Crippen LogP contribution in [0, 0.1) is 0 Å². The predicted molar refractivity (Wildman–Crippen MR) is 76.3 cm³/mol. The third-order valence-electron chi connectivity index (χ3n) is 3.07. The minimum Gasteiger partial charge on any atom is -0.495 e. The van der Waals surface area contributed by atoms with E-state index in [0.717, 1.165) is 18.0 Å². The third kappa shape index (κ3) is 3.04. The van der Waals surface area contributed by atoms with Gasteiger partial charge in [-0.3, -0.25) is 0 Å². The molecule has 0 saturated carbocycles. The summed E-state index contributed by atoms with van der Waals surface area (Å²) in [4.78, 5) is 0. The van der Waals surface area contributed by atoms with Crippen LogP contribution in [0.3, 0.4) is 0 Å². The van der Waals surface area contributed by atoms with Crippen molar-refractivity contribution < 1.29 is 4.74 Å². The van der Waals surface area contributed by atoms with Gasteiger partial charge in [0, 0.05) is 6.54 Å². The van der Waals surface area contributed by atoms with Crippen molar-refractivity contribution in [2.75, 3.05) is 19.0 Å². The maximum atomic E-state index is 5.32. The molecule has 0 bridgehead atoms. The Bertz CT molecular complexity index is 481. The maximum absolute atomic E-state index is 5.32. The Kier molecular flexibility index (Phi) is 4.24. The average molecular weight is 241 g/mol. The van der Waals surface area contributed by atoms with E-state index in [9.17, 15) is 0 Å². The molecule has 0 radical (unpaired) electrons. The highest BCUT2D eigenvalue weighted by atomic mass is 16.5.